The smallest absolute Gasteiger partial charge is 0.123 e. The number of hydrogen-bond donors (Lipinski definition) is 1. The van der Waals surface area contributed by atoms with Crippen molar-refractivity contribution in [3.63, 3.8) is 0 Å². The molecule has 0 aliphatic heterocycles. The maximum absolute atomic E-state index is 13.1. The van der Waals surface area contributed by atoms with Crippen LogP contribution in [0.3, 0.4) is 0 Å². The predicted octanol–water partition coefficient (Wildman–Crippen LogP) is 3.91. The van der Waals surface area contributed by atoms with Crippen LogP contribution in [0.5, 0.6) is 0 Å². The lowest BCUT2D eigenvalue weighted by Crippen LogP contribution is -2.07. The van der Waals surface area contributed by atoms with Crippen LogP contribution in [0, 0.1) is 5.82 Å². The van der Waals surface area contributed by atoms with E-state index in [0.717, 1.165) is 15.6 Å². The average Bonchev–Trinajstić information content (AvgIpc) is 2.37. The van der Waals surface area contributed by atoms with Crippen molar-refractivity contribution >= 4 is 15.9 Å². The Kier molecular flexibility index (Phi) is 4.50. The van der Waals surface area contributed by atoms with E-state index in [1.807, 2.05) is 30.3 Å². The molecular weight excluding hydrogens is 295 g/mol. The van der Waals surface area contributed by atoms with Crippen molar-refractivity contribution in [2.45, 2.75) is 12.3 Å². The summed E-state index contributed by atoms with van der Waals surface area (Å²) in [7, 11) is 0. The molecular formula is C15H14BrFO. The summed E-state index contributed by atoms with van der Waals surface area (Å²) >= 11 is 3.38. The van der Waals surface area contributed by atoms with Gasteiger partial charge in [-0.3, -0.25) is 0 Å². The second-order valence-electron chi connectivity index (χ2n) is 4.27. The van der Waals surface area contributed by atoms with E-state index in [9.17, 15) is 9.50 Å². The first-order chi connectivity index (χ1) is 8.69. The summed E-state index contributed by atoms with van der Waals surface area (Å²) in [6, 6.07) is 14.4. The molecule has 18 heavy (non-hydrogen) atoms. The zero-order chi connectivity index (χ0) is 13.0. The van der Waals surface area contributed by atoms with Crippen molar-refractivity contribution in [2.24, 2.45) is 0 Å². The molecule has 1 atom stereocenters. The lowest BCUT2D eigenvalue weighted by atomic mass is 9.93. The van der Waals surface area contributed by atoms with Crippen molar-refractivity contribution < 1.29 is 9.50 Å². The first kappa shape index (κ1) is 13.2. The lowest BCUT2D eigenvalue weighted by molar-refractivity contribution is 0.264. The zero-order valence-corrected chi connectivity index (χ0v) is 11.4. The Morgan fingerprint density at radius 2 is 1.83 bits per heavy atom. The Morgan fingerprint density at radius 1 is 1.11 bits per heavy atom. The topological polar surface area (TPSA) is 20.2 Å². The summed E-state index contributed by atoms with van der Waals surface area (Å²) in [5.74, 6) is -0.236. The number of rotatable bonds is 4. The van der Waals surface area contributed by atoms with Gasteiger partial charge in [0.25, 0.3) is 0 Å². The number of benzene rings is 2. The molecule has 2 aromatic rings. The molecule has 94 valence electrons. The quantitative estimate of drug-likeness (QED) is 0.908. The Bertz CT molecular complexity index is 510. The number of aliphatic hydroxyl groups excluding tert-OH is 1. The van der Waals surface area contributed by atoms with Gasteiger partial charge in [0, 0.05) is 10.4 Å². The van der Waals surface area contributed by atoms with Gasteiger partial charge in [-0.15, -0.1) is 0 Å². The zero-order valence-electron chi connectivity index (χ0n) is 9.81. The van der Waals surface area contributed by atoms with E-state index >= 15 is 0 Å². The van der Waals surface area contributed by atoms with E-state index in [0.29, 0.717) is 6.42 Å². The highest BCUT2D eigenvalue weighted by Crippen LogP contribution is 2.22. The van der Waals surface area contributed by atoms with E-state index in [-0.39, 0.29) is 18.3 Å². The lowest BCUT2D eigenvalue weighted by Gasteiger charge is -2.15. The van der Waals surface area contributed by atoms with Crippen molar-refractivity contribution in [1.82, 2.24) is 0 Å². The fourth-order valence-electron chi connectivity index (χ4n) is 1.97. The van der Waals surface area contributed by atoms with Gasteiger partial charge in [-0.25, -0.2) is 4.39 Å². The van der Waals surface area contributed by atoms with E-state index in [1.54, 1.807) is 6.07 Å². The van der Waals surface area contributed by atoms with Crippen LogP contribution >= 0.6 is 15.9 Å². The molecule has 3 heteroatoms. The second-order valence-corrected chi connectivity index (χ2v) is 5.18. The second kappa shape index (κ2) is 6.12. The number of hydrogen-bond acceptors (Lipinski definition) is 1. The van der Waals surface area contributed by atoms with Crippen LogP contribution in [0.2, 0.25) is 0 Å². The molecule has 1 N–H and O–H groups in total. The third-order valence-corrected chi connectivity index (χ3v) is 3.46. The summed E-state index contributed by atoms with van der Waals surface area (Å²) in [5.41, 5.74) is 1.96. The highest BCUT2D eigenvalue weighted by Gasteiger charge is 2.11. The first-order valence-corrected chi connectivity index (χ1v) is 6.59. The predicted molar refractivity (Wildman–Crippen MR) is 74.1 cm³/mol. The fraction of sp³-hybridized carbons (Fsp3) is 0.200. The summed E-state index contributed by atoms with van der Waals surface area (Å²) in [5, 5.41) is 9.47. The highest BCUT2D eigenvalue weighted by molar-refractivity contribution is 9.10. The molecule has 2 rings (SSSR count). The molecule has 1 nitrogen and oxygen atoms in total. The molecule has 0 fully saturated rings. The SMILES string of the molecule is OCC(Cc1cccc(F)c1)c1ccc(Br)cc1. The van der Waals surface area contributed by atoms with Crippen LogP contribution in [0.4, 0.5) is 4.39 Å². The normalized spacial score (nSPS) is 12.4. The third-order valence-electron chi connectivity index (χ3n) is 2.93. The van der Waals surface area contributed by atoms with Crippen LogP contribution in [-0.4, -0.2) is 11.7 Å². The maximum Gasteiger partial charge on any atom is 0.123 e. The van der Waals surface area contributed by atoms with Gasteiger partial charge in [0.1, 0.15) is 5.82 Å². The van der Waals surface area contributed by atoms with Crippen LogP contribution in [0.25, 0.3) is 0 Å². The minimum atomic E-state index is -0.236. The number of aliphatic hydroxyl groups is 1. The number of halogens is 2. The van der Waals surface area contributed by atoms with Crippen LogP contribution < -0.4 is 0 Å². The molecule has 0 amide bonds. The van der Waals surface area contributed by atoms with Crippen LogP contribution in [0.1, 0.15) is 17.0 Å². The first-order valence-electron chi connectivity index (χ1n) is 5.80. The maximum atomic E-state index is 13.1. The molecule has 0 saturated heterocycles. The summed E-state index contributed by atoms with van der Waals surface area (Å²) < 4.78 is 14.1. The molecule has 2 aromatic carbocycles. The van der Waals surface area contributed by atoms with Gasteiger partial charge in [0.2, 0.25) is 0 Å². The molecule has 0 saturated carbocycles. The van der Waals surface area contributed by atoms with Crippen molar-refractivity contribution in [3.05, 3.63) is 69.9 Å². The average molecular weight is 309 g/mol. The third kappa shape index (κ3) is 3.40. The standard InChI is InChI=1S/C15H14BrFO/c16-14-6-4-12(5-7-14)13(10-18)8-11-2-1-3-15(17)9-11/h1-7,9,13,18H,8,10H2. The van der Waals surface area contributed by atoms with Gasteiger partial charge < -0.3 is 5.11 Å². The minimum Gasteiger partial charge on any atom is -0.396 e. The molecule has 0 spiro atoms. The fourth-order valence-corrected chi connectivity index (χ4v) is 2.24. The van der Waals surface area contributed by atoms with Crippen molar-refractivity contribution in [1.29, 1.82) is 0 Å². The molecule has 0 aliphatic carbocycles. The molecule has 0 aliphatic rings. The van der Waals surface area contributed by atoms with Crippen molar-refractivity contribution in [2.75, 3.05) is 6.61 Å². The van der Waals surface area contributed by atoms with Crippen molar-refractivity contribution in [3.8, 4) is 0 Å². The Hall–Kier alpha value is -1.19. The highest BCUT2D eigenvalue weighted by atomic mass is 79.9. The van der Waals surface area contributed by atoms with Gasteiger partial charge in [0.05, 0.1) is 6.61 Å². The van der Waals surface area contributed by atoms with Crippen LogP contribution in [0.15, 0.2) is 53.0 Å². The molecule has 0 heterocycles. The van der Waals surface area contributed by atoms with E-state index in [2.05, 4.69) is 15.9 Å². The molecule has 1 unspecified atom stereocenters. The van der Waals surface area contributed by atoms with Gasteiger partial charge in [0.15, 0.2) is 0 Å². The monoisotopic (exact) mass is 308 g/mol. The summed E-state index contributed by atoms with van der Waals surface area (Å²) in [6.45, 7) is 0.0537. The van der Waals surface area contributed by atoms with Crippen LogP contribution in [-0.2, 0) is 6.42 Å². The van der Waals surface area contributed by atoms with Gasteiger partial charge in [-0.05, 0) is 41.8 Å². The summed E-state index contributed by atoms with van der Waals surface area (Å²) in [6.07, 6.45) is 0.635. The van der Waals surface area contributed by atoms with E-state index < -0.39 is 0 Å². The van der Waals surface area contributed by atoms with Gasteiger partial charge in [-0.2, -0.15) is 0 Å². The Balaban J connectivity index is 2.17. The van der Waals surface area contributed by atoms with E-state index in [4.69, 9.17) is 0 Å². The van der Waals surface area contributed by atoms with Gasteiger partial charge in [-0.1, -0.05) is 40.2 Å². The van der Waals surface area contributed by atoms with E-state index in [1.165, 1.54) is 12.1 Å². The minimum absolute atomic E-state index is 0.0000926. The van der Waals surface area contributed by atoms with Gasteiger partial charge >= 0.3 is 0 Å². The Labute approximate surface area is 114 Å². The largest absolute Gasteiger partial charge is 0.396 e. The summed E-state index contributed by atoms with van der Waals surface area (Å²) in [4.78, 5) is 0. The molecule has 0 bridgehead atoms. The Morgan fingerprint density at radius 3 is 2.44 bits per heavy atom. The molecule has 0 aromatic heterocycles. The molecule has 0 radical (unpaired) electrons.